The van der Waals surface area contributed by atoms with Crippen molar-refractivity contribution in [1.82, 2.24) is 14.3 Å². The molecule has 1 aromatic heterocycles. The molecule has 0 atom stereocenters. The summed E-state index contributed by atoms with van der Waals surface area (Å²) in [5.74, 6) is 0.553. The van der Waals surface area contributed by atoms with Gasteiger partial charge in [-0.2, -0.15) is 4.37 Å². The molecule has 0 aliphatic carbocycles. The fourth-order valence-electron chi connectivity index (χ4n) is 2.54. The lowest BCUT2D eigenvalue weighted by Gasteiger charge is -2.34. The maximum atomic E-state index is 13.3. The number of carbonyl (C=O) groups is 1. The zero-order valence-corrected chi connectivity index (χ0v) is 14.9. The molecule has 0 radical (unpaired) electrons. The minimum absolute atomic E-state index is 0.0259. The van der Waals surface area contributed by atoms with Gasteiger partial charge in [-0.05, 0) is 17.7 Å². The smallest absolute Gasteiger partial charge is 0.242 e. The number of piperazine rings is 1. The second-order valence-corrected chi connectivity index (χ2v) is 7.75. The SMILES string of the molecule is CC(C)(C)c1nsc(N2CCN(Cc3cccc(F)c3)C(=O)C2)n1. The quantitative estimate of drug-likeness (QED) is 0.856. The van der Waals surface area contributed by atoms with Crippen molar-refractivity contribution in [2.75, 3.05) is 24.5 Å². The molecule has 5 nitrogen and oxygen atoms in total. The highest BCUT2D eigenvalue weighted by molar-refractivity contribution is 7.09. The average Bonchev–Trinajstić information content (AvgIpc) is 2.99. The van der Waals surface area contributed by atoms with E-state index in [2.05, 4.69) is 30.1 Å². The van der Waals surface area contributed by atoms with Crippen molar-refractivity contribution in [1.29, 1.82) is 0 Å². The second kappa shape index (κ2) is 6.47. The molecule has 1 aliphatic rings. The molecule has 128 valence electrons. The van der Waals surface area contributed by atoms with E-state index in [9.17, 15) is 9.18 Å². The summed E-state index contributed by atoms with van der Waals surface area (Å²) in [7, 11) is 0. The van der Waals surface area contributed by atoms with Crippen molar-refractivity contribution in [3.63, 3.8) is 0 Å². The van der Waals surface area contributed by atoms with Gasteiger partial charge in [-0.1, -0.05) is 32.9 Å². The first-order valence-corrected chi connectivity index (χ1v) is 8.71. The number of aromatic nitrogens is 2. The molecular formula is C17H21FN4OS. The van der Waals surface area contributed by atoms with Crippen LogP contribution in [-0.4, -0.2) is 39.8 Å². The van der Waals surface area contributed by atoms with Crippen LogP contribution in [0.1, 0.15) is 32.2 Å². The zero-order chi connectivity index (χ0) is 17.3. The summed E-state index contributed by atoms with van der Waals surface area (Å²) >= 11 is 1.34. The van der Waals surface area contributed by atoms with Crippen LogP contribution in [0.15, 0.2) is 24.3 Å². The van der Waals surface area contributed by atoms with Crippen LogP contribution in [0, 0.1) is 5.82 Å². The van der Waals surface area contributed by atoms with Gasteiger partial charge in [-0.25, -0.2) is 9.37 Å². The lowest BCUT2D eigenvalue weighted by atomic mass is 9.96. The summed E-state index contributed by atoms with van der Waals surface area (Å²) in [6, 6.07) is 6.38. The molecule has 0 unspecified atom stereocenters. The molecule has 24 heavy (non-hydrogen) atoms. The summed E-state index contributed by atoms with van der Waals surface area (Å²) in [5.41, 5.74) is 0.709. The highest BCUT2D eigenvalue weighted by Crippen LogP contribution is 2.26. The van der Waals surface area contributed by atoms with E-state index in [0.717, 1.165) is 16.5 Å². The zero-order valence-electron chi connectivity index (χ0n) is 14.1. The van der Waals surface area contributed by atoms with Gasteiger partial charge in [0, 0.05) is 36.6 Å². The van der Waals surface area contributed by atoms with E-state index >= 15 is 0 Å². The first kappa shape index (κ1) is 16.8. The summed E-state index contributed by atoms with van der Waals surface area (Å²) in [6.45, 7) is 8.24. The Morgan fingerprint density at radius 1 is 1.29 bits per heavy atom. The Labute approximate surface area is 145 Å². The topological polar surface area (TPSA) is 49.3 Å². The summed E-state index contributed by atoms with van der Waals surface area (Å²) in [5, 5.41) is 0.790. The van der Waals surface area contributed by atoms with Crippen molar-refractivity contribution in [3.05, 3.63) is 41.5 Å². The van der Waals surface area contributed by atoms with Crippen LogP contribution in [0.5, 0.6) is 0 Å². The van der Waals surface area contributed by atoms with Gasteiger partial charge in [0.05, 0.1) is 6.54 Å². The third-order valence-corrected chi connectivity index (χ3v) is 4.71. The summed E-state index contributed by atoms with van der Waals surface area (Å²) < 4.78 is 17.7. The lowest BCUT2D eigenvalue weighted by Crippen LogP contribution is -2.50. The third kappa shape index (κ3) is 3.72. The Bertz CT molecular complexity index is 740. The molecule has 7 heteroatoms. The molecule has 0 saturated carbocycles. The maximum absolute atomic E-state index is 13.3. The average molecular weight is 348 g/mol. The van der Waals surface area contributed by atoms with Crippen LogP contribution in [0.3, 0.4) is 0 Å². The van der Waals surface area contributed by atoms with E-state index in [4.69, 9.17) is 0 Å². The Balaban J connectivity index is 1.65. The molecular weight excluding hydrogens is 327 g/mol. The standard InChI is InChI=1S/C17H21FN4OS/c1-17(2,3)15-19-16(24-20-15)22-8-7-21(14(23)11-22)10-12-5-4-6-13(18)9-12/h4-6,9H,7-8,10-11H2,1-3H3. The number of halogens is 1. The van der Waals surface area contributed by atoms with Gasteiger partial charge in [0.25, 0.3) is 0 Å². The molecule has 0 bridgehead atoms. The van der Waals surface area contributed by atoms with Crippen molar-refractivity contribution < 1.29 is 9.18 Å². The van der Waals surface area contributed by atoms with Crippen molar-refractivity contribution in [2.24, 2.45) is 0 Å². The van der Waals surface area contributed by atoms with Crippen LogP contribution in [-0.2, 0) is 16.8 Å². The maximum Gasteiger partial charge on any atom is 0.242 e. The Hall–Kier alpha value is -2.02. The fourth-order valence-corrected chi connectivity index (χ4v) is 3.42. The van der Waals surface area contributed by atoms with Gasteiger partial charge in [0.15, 0.2) is 0 Å². The van der Waals surface area contributed by atoms with Crippen molar-refractivity contribution in [3.8, 4) is 0 Å². The minimum Gasteiger partial charge on any atom is -0.336 e. The monoisotopic (exact) mass is 348 g/mol. The number of rotatable bonds is 3. The van der Waals surface area contributed by atoms with Crippen LogP contribution < -0.4 is 4.90 Å². The van der Waals surface area contributed by atoms with E-state index < -0.39 is 0 Å². The summed E-state index contributed by atoms with van der Waals surface area (Å²) in [6.07, 6.45) is 0. The van der Waals surface area contributed by atoms with Gasteiger partial charge in [0.2, 0.25) is 11.0 Å². The van der Waals surface area contributed by atoms with E-state index in [0.29, 0.717) is 19.6 Å². The van der Waals surface area contributed by atoms with Crippen molar-refractivity contribution >= 4 is 22.6 Å². The van der Waals surface area contributed by atoms with E-state index in [1.54, 1.807) is 11.0 Å². The van der Waals surface area contributed by atoms with Crippen LogP contribution in [0.25, 0.3) is 0 Å². The lowest BCUT2D eigenvalue weighted by molar-refractivity contribution is -0.131. The molecule has 2 aromatic rings. The largest absolute Gasteiger partial charge is 0.336 e. The van der Waals surface area contributed by atoms with Gasteiger partial charge in [0.1, 0.15) is 11.6 Å². The number of amides is 1. The third-order valence-electron chi connectivity index (χ3n) is 3.94. The van der Waals surface area contributed by atoms with Gasteiger partial charge in [-0.3, -0.25) is 4.79 Å². The molecule has 0 spiro atoms. The number of anilines is 1. The minimum atomic E-state index is -0.276. The van der Waals surface area contributed by atoms with Gasteiger partial charge < -0.3 is 9.80 Å². The number of benzene rings is 1. The number of carbonyl (C=O) groups excluding carboxylic acids is 1. The summed E-state index contributed by atoms with van der Waals surface area (Å²) in [4.78, 5) is 20.7. The normalized spacial score (nSPS) is 15.9. The predicted molar refractivity (Wildman–Crippen MR) is 92.6 cm³/mol. The molecule has 1 saturated heterocycles. The van der Waals surface area contributed by atoms with E-state index in [-0.39, 0.29) is 23.7 Å². The predicted octanol–water partition coefficient (Wildman–Crippen LogP) is 2.82. The Kier molecular flexibility index (Phi) is 4.54. The number of hydrogen-bond donors (Lipinski definition) is 0. The molecule has 1 fully saturated rings. The molecule has 1 aromatic carbocycles. The molecule has 2 heterocycles. The van der Waals surface area contributed by atoms with Crippen LogP contribution >= 0.6 is 11.5 Å². The fraction of sp³-hybridized carbons (Fsp3) is 0.471. The molecule has 0 N–H and O–H groups in total. The van der Waals surface area contributed by atoms with Crippen LogP contribution in [0.4, 0.5) is 9.52 Å². The molecule has 3 rings (SSSR count). The highest BCUT2D eigenvalue weighted by Gasteiger charge is 2.28. The van der Waals surface area contributed by atoms with Crippen LogP contribution in [0.2, 0.25) is 0 Å². The molecule has 1 amide bonds. The second-order valence-electron chi connectivity index (χ2n) is 7.02. The molecule has 1 aliphatic heterocycles. The first-order valence-electron chi connectivity index (χ1n) is 7.94. The Morgan fingerprint density at radius 3 is 2.71 bits per heavy atom. The first-order chi connectivity index (χ1) is 11.3. The Morgan fingerprint density at radius 2 is 2.08 bits per heavy atom. The van der Waals surface area contributed by atoms with E-state index in [1.165, 1.54) is 23.7 Å². The van der Waals surface area contributed by atoms with Gasteiger partial charge in [-0.15, -0.1) is 0 Å². The highest BCUT2D eigenvalue weighted by atomic mass is 32.1. The van der Waals surface area contributed by atoms with Crippen molar-refractivity contribution in [2.45, 2.75) is 32.7 Å². The number of nitrogens with zero attached hydrogens (tertiary/aromatic N) is 4. The van der Waals surface area contributed by atoms with Gasteiger partial charge >= 0.3 is 0 Å². The van der Waals surface area contributed by atoms with E-state index in [1.807, 2.05) is 11.0 Å². The number of hydrogen-bond acceptors (Lipinski definition) is 5.